The zero-order chi connectivity index (χ0) is 14.6. The molecule has 1 saturated carbocycles. The van der Waals surface area contributed by atoms with E-state index in [0.717, 1.165) is 0 Å². The molecule has 1 fully saturated rings. The first-order valence-corrected chi connectivity index (χ1v) is 10.8. The van der Waals surface area contributed by atoms with Crippen molar-refractivity contribution < 1.29 is 9.53 Å². The summed E-state index contributed by atoms with van der Waals surface area (Å²) in [7, 11) is -0.319. The smallest absolute Gasteiger partial charge is 0.306 e. The van der Waals surface area contributed by atoms with Crippen molar-refractivity contribution in [1.29, 1.82) is 0 Å². The Morgan fingerprint density at radius 2 is 1.75 bits per heavy atom. The van der Waals surface area contributed by atoms with Crippen LogP contribution in [0.4, 0.5) is 0 Å². The first-order valence-electron chi connectivity index (χ1n) is 7.70. The van der Waals surface area contributed by atoms with E-state index in [1.807, 2.05) is 6.07 Å². The van der Waals surface area contributed by atoms with Gasteiger partial charge in [-0.1, -0.05) is 67.9 Å². The van der Waals surface area contributed by atoms with Crippen molar-refractivity contribution in [3.05, 3.63) is 30.3 Å². The molecule has 1 aromatic carbocycles. The second-order valence-electron chi connectivity index (χ2n) is 6.49. The molecule has 0 saturated heterocycles. The molecular formula is C17H26O2Si. The Morgan fingerprint density at radius 1 is 1.15 bits per heavy atom. The minimum Gasteiger partial charge on any atom is -0.469 e. The van der Waals surface area contributed by atoms with Crippen LogP contribution in [0.2, 0.25) is 18.6 Å². The highest BCUT2D eigenvalue weighted by atomic mass is 28.3. The van der Waals surface area contributed by atoms with Crippen LogP contribution in [0.15, 0.2) is 30.3 Å². The zero-order valence-corrected chi connectivity index (χ0v) is 13.9. The van der Waals surface area contributed by atoms with Crippen molar-refractivity contribution in [2.45, 2.75) is 50.7 Å². The minimum atomic E-state index is -1.85. The van der Waals surface area contributed by atoms with E-state index in [4.69, 9.17) is 4.74 Å². The van der Waals surface area contributed by atoms with Crippen LogP contribution in [-0.4, -0.2) is 21.2 Å². The Balaban J connectivity index is 2.32. The van der Waals surface area contributed by atoms with Gasteiger partial charge in [0.15, 0.2) is 0 Å². The van der Waals surface area contributed by atoms with Crippen LogP contribution in [0.5, 0.6) is 0 Å². The Hall–Kier alpha value is -1.09. The summed E-state index contributed by atoms with van der Waals surface area (Å²) in [5.41, 5.74) is 0.0928. The van der Waals surface area contributed by atoms with Gasteiger partial charge in [0, 0.05) is 0 Å². The average Bonchev–Trinajstić information content (AvgIpc) is 2.49. The van der Waals surface area contributed by atoms with Crippen molar-refractivity contribution >= 4 is 19.2 Å². The summed E-state index contributed by atoms with van der Waals surface area (Å²) in [4.78, 5) is 12.4. The highest BCUT2D eigenvalue weighted by molar-refractivity contribution is 6.93. The van der Waals surface area contributed by atoms with Crippen molar-refractivity contribution in [3.63, 3.8) is 0 Å². The van der Waals surface area contributed by atoms with Crippen LogP contribution in [-0.2, 0) is 9.53 Å². The molecule has 110 valence electrons. The molecule has 20 heavy (non-hydrogen) atoms. The summed E-state index contributed by atoms with van der Waals surface area (Å²) in [5, 5.41) is 1.36. The van der Waals surface area contributed by atoms with Gasteiger partial charge in [-0.2, -0.15) is 0 Å². The number of rotatable bonds is 4. The number of carbonyl (C=O) groups is 1. The number of hydrogen-bond donors (Lipinski definition) is 0. The second-order valence-corrected chi connectivity index (χ2v) is 11.1. The molecule has 0 spiro atoms. The normalized spacial score (nSPS) is 18.6. The molecule has 1 aliphatic rings. The van der Waals surface area contributed by atoms with Crippen LogP contribution in [0.1, 0.15) is 32.1 Å². The average molecular weight is 290 g/mol. The molecular weight excluding hydrogens is 264 g/mol. The maximum absolute atomic E-state index is 12.4. The van der Waals surface area contributed by atoms with Gasteiger partial charge in [-0.3, -0.25) is 4.79 Å². The van der Waals surface area contributed by atoms with E-state index in [2.05, 4.69) is 37.4 Å². The summed E-state index contributed by atoms with van der Waals surface area (Å²) < 4.78 is 5.17. The van der Waals surface area contributed by atoms with Crippen molar-refractivity contribution in [3.8, 4) is 0 Å². The molecule has 0 aliphatic heterocycles. The zero-order valence-electron chi connectivity index (χ0n) is 12.9. The van der Waals surface area contributed by atoms with E-state index in [1.54, 1.807) is 0 Å². The third-order valence-electron chi connectivity index (χ3n) is 4.87. The molecule has 0 N–H and O–H groups in total. The van der Waals surface area contributed by atoms with E-state index >= 15 is 0 Å². The second kappa shape index (κ2) is 6.57. The van der Waals surface area contributed by atoms with Crippen LogP contribution in [0.25, 0.3) is 0 Å². The number of esters is 1. The molecule has 0 unspecified atom stereocenters. The molecule has 1 aromatic rings. The Bertz CT molecular complexity index is 436. The van der Waals surface area contributed by atoms with Gasteiger partial charge in [0.2, 0.25) is 0 Å². The lowest BCUT2D eigenvalue weighted by Crippen LogP contribution is -2.51. The first-order chi connectivity index (χ1) is 9.57. The van der Waals surface area contributed by atoms with E-state index < -0.39 is 8.07 Å². The minimum absolute atomic E-state index is 0.0115. The lowest BCUT2D eigenvalue weighted by molar-refractivity contribution is -0.142. The van der Waals surface area contributed by atoms with E-state index in [-0.39, 0.29) is 11.5 Å². The SMILES string of the molecule is COC(=O)[C@@H](C1CCCCC1)[Si](C)(C)c1ccccc1. The fraction of sp³-hybridized carbons (Fsp3) is 0.588. The Kier molecular flexibility index (Phi) is 5.03. The molecule has 2 rings (SSSR count). The summed E-state index contributed by atoms with van der Waals surface area (Å²) >= 11 is 0. The molecule has 1 aliphatic carbocycles. The van der Waals surface area contributed by atoms with Crippen LogP contribution >= 0.6 is 0 Å². The number of benzene rings is 1. The third kappa shape index (κ3) is 3.14. The molecule has 0 heterocycles. The van der Waals surface area contributed by atoms with Gasteiger partial charge in [-0.05, 0) is 18.8 Å². The highest BCUT2D eigenvalue weighted by Crippen LogP contribution is 2.40. The summed E-state index contributed by atoms with van der Waals surface area (Å²) in [6.45, 7) is 4.64. The third-order valence-corrected chi connectivity index (χ3v) is 8.96. The van der Waals surface area contributed by atoms with Crippen LogP contribution in [0.3, 0.4) is 0 Å². The lowest BCUT2D eigenvalue weighted by atomic mass is 9.86. The quantitative estimate of drug-likeness (QED) is 0.624. The molecule has 0 radical (unpaired) electrons. The van der Waals surface area contributed by atoms with Crippen molar-refractivity contribution in [2.75, 3.05) is 7.11 Å². The van der Waals surface area contributed by atoms with Gasteiger partial charge in [-0.15, -0.1) is 0 Å². The fourth-order valence-corrected chi connectivity index (χ4v) is 7.35. The van der Waals surface area contributed by atoms with E-state index in [1.165, 1.54) is 44.4 Å². The van der Waals surface area contributed by atoms with Gasteiger partial charge in [0.1, 0.15) is 0 Å². The lowest BCUT2D eigenvalue weighted by Gasteiger charge is -2.38. The van der Waals surface area contributed by atoms with Crippen LogP contribution in [0, 0.1) is 5.92 Å². The standard InChI is InChI=1S/C17H26O2Si/c1-19-17(18)16(14-10-6-4-7-11-14)20(2,3)15-12-8-5-9-13-15/h5,8-9,12-14,16H,4,6-7,10-11H2,1-3H3/t16-/m1/s1. The highest BCUT2D eigenvalue weighted by Gasteiger charge is 2.44. The Morgan fingerprint density at radius 3 is 2.30 bits per heavy atom. The van der Waals surface area contributed by atoms with Crippen molar-refractivity contribution in [2.24, 2.45) is 5.92 Å². The maximum Gasteiger partial charge on any atom is 0.306 e. The summed E-state index contributed by atoms with van der Waals surface area (Å²) in [6, 6.07) is 10.6. The molecule has 0 bridgehead atoms. The van der Waals surface area contributed by atoms with Gasteiger partial charge < -0.3 is 4.74 Å². The molecule has 3 heteroatoms. The number of carbonyl (C=O) groups excluding carboxylic acids is 1. The number of methoxy groups -OCH3 is 1. The van der Waals surface area contributed by atoms with Crippen LogP contribution < -0.4 is 5.19 Å². The molecule has 1 atom stereocenters. The van der Waals surface area contributed by atoms with Gasteiger partial charge in [-0.25, -0.2) is 0 Å². The maximum atomic E-state index is 12.4. The van der Waals surface area contributed by atoms with E-state index in [0.29, 0.717) is 5.92 Å². The van der Waals surface area contributed by atoms with Crippen molar-refractivity contribution in [1.82, 2.24) is 0 Å². The summed E-state index contributed by atoms with van der Waals surface area (Å²) in [6.07, 6.45) is 6.21. The number of hydrogen-bond acceptors (Lipinski definition) is 2. The molecule has 0 amide bonds. The summed E-state index contributed by atoms with van der Waals surface area (Å²) in [5.74, 6) is 0.524. The van der Waals surface area contributed by atoms with E-state index in [9.17, 15) is 4.79 Å². The fourth-order valence-electron chi connectivity index (χ4n) is 3.72. The molecule has 0 aromatic heterocycles. The monoisotopic (exact) mass is 290 g/mol. The predicted octanol–water partition coefficient (Wildman–Crippen LogP) is 3.73. The largest absolute Gasteiger partial charge is 0.469 e. The predicted molar refractivity (Wildman–Crippen MR) is 85.9 cm³/mol. The Labute approximate surface area is 123 Å². The number of ether oxygens (including phenoxy) is 1. The first kappa shape index (κ1) is 15.3. The topological polar surface area (TPSA) is 26.3 Å². The van der Waals surface area contributed by atoms with Gasteiger partial charge in [0.05, 0.1) is 20.7 Å². The van der Waals surface area contributed by atoms with Gasteiger partial charge in [0.25, 0.3) is 0 Å². The van der Waals surface area contributed by atoms with Gasteiger partial charge >= 0.3 is 5.97 Å². The molecule has 2 nitrogen and oxygen atoms in total.